The molecule has 0 aliphatic carbocycles. The van der Waals surface area contributed by atoms with Gasteiger partial charge in [0.05, 0.1) is 11.3 Å². The van der Waals surface area contributed by atoms with Gasteiger partial charge in [0, 0.05) is 29.7 Å². The van der Waals surface area contributed by atoms with Crippen LogP contribution in [0.15, 0.2) is 42.9 Å². The molecule has 3 aromatic rings. The van der Waals surface area contributed by atoms with E-state index in [2.05, 4.69) is 10.3 Å². The highest BCUT2D eigenvalue weighted by Crippen LogP contribution is 2.33. The van der Waals surface area contributed by atoms with Gasteiger partial charge < -0.3 is 20.6 Å². The Hall–Kier alpha value is -3.35. The lowest BCUT2D eigenvalue weighted by Gasteiger charge is -2.14. The van der Waals surface area contributed by atoms with Crippen molar-refractivity contribution in [2.75, 3.05) is 5.32 Å². The number of urea groups is 1. The molecule has 23 heavy (non-hydrogen) atoms. The van der Waals surface area contributed by atoms with E-state index in [0.717, 1.165) is 11.2 Å². The summed E-state index contributed by atoms with van der Waals surface area (Å²) in [6, 6.07) is 5.73. The van der Waals surface area contributed by atoms with Crippen LogP contribution in [0.25, 0.3) is 16.8 Å². The van der Waals surface area contributed by atoms with Gasteiger partial charge in [0.2, 0.25) is 0 Å². The summed E-state index contributed by atoms with van der Waals surface area (Å²) < 4.78 is 1.80. The number of rotatable bonds is 3. The molecule has 0 radical (unpaired) electrons. The number of benzene rings is 1. The van der Waals surface area contributed by atoms with Gasteiger partial charge in [0.25, 0.3) is 0 Å². The summed E-state index contributed by atoms with van der Waals surface area (Å²) in [5.74, 6) is -1.09. The Balaban J connectivity index is 2.30. The molecule has 4 N–H and O–H groups in total. The van der Waals surface area contributed by atoms with Crippen molar-refractivity contribution in [1.29, 1.82) is 0 Å². The van der Waals surface area contributed by atoms with E-state index in [4.69, 9.17) is 5.73 Å². The van der Waals surface area contributed by atoms with Gasteiger partial charge in [-0.05, 0) is 30.7 Å². The highest BCUT2D eigenvalue weighted by molar-refractivity contribution is 6.03. The van der Waals surface area contributed by atoms with Crippen molar-refractivity contribution in [1.82, 2.24) is 9.38 Å². The molecule has 0 bridgehead atoms. The molecule has 7 nitrogen and oxygen atoms in total. The maximum absolute atomic E-state index is 11.6. The number of nitrogens with two attached hydrogens (primary N) is 1. The number of carboxylic acid groups (broad SMARTS) is 1. The van der Waals surface area contributed by atoms with Crippen LogP contribution in [0, 0.1) is 6.92 Å². The highest BCUT2D eigenvalue weighted by atomic mass is 16.4. The molecule has 0 unspecified atom stereocenters. The fourth-order valence-electron chi connectivity index (χ4n) is 2.62. The zero-order chi connectivity index (χ0) is 16.6. The second-order valence-corrected chi connectivity index (χ2v) is 5.09. The van der Waals surface area contributed by atoms with Gasteiger partial charge in [0.1, 0.15) is 5.65 Å². The number of pyridine rings is 1. The van der Waals surface area contributed by atoms with E-state index in [0.29, 0.717) is 16.8 Å². The summed E-state index contributed by atoms with van der Waals surface area (Å²) >= 11 is 0. The van der Waals surface area contributed by atoms with Crippen molar-refractivity contribution in [2.45, 2.75) is 6.92 Å². The zero-order valence-corrected chi connectivity index (χ0v) is 12.3. The minimum Gasteiger partial charge on any atom is -0.478 e. The van der Waals surface area contributed by atoms with Crippen molar-refractivity contribution in [3.8, 4) is 11.1 Å². The Morgan fingerprint density at radius 3 is 2.83 bits per heavy atom. The van der Waals surface area contributed by atoms with Crippen LogP contribution in [0.2, 0.25) is 0 Å². The highest BCUT2D eigenvalue weighted by Gasteiger charge is 2.18. The number of aryl methyl sites for hydroxylation is 1. The number of imidazole rings is 1. The second kappa shape index (κ2) is 5.45. The van der Waals surface area contributed by atoms with Crippen molar-refractivity contribution in [3.63, 3.8) is 0 Å². The van der Waals surface area contributed by atoms with Gasteiger partial charge in [-0.25, -0.2) is 14.6 Å². The summed E-state index contributed by atoms with van der Waals surface area (Å²) in [6.45, 7) is 1.89. The third kappa shape index (κ3) is 2.59. The Morgan fingerprint density at radius 2 is 2.13 bits per heavy atom. The van der Waals surface area contributed by atoms with Crippen LogP contribution < -0.4 is 11.1 Å². The summed E-state index contributed by atoms with van der Waals surface area (Å²) in [5.41, 5.74) is 8.33. The molecule has 0 spiro atoms. The first-order valence-electron chi connectivity index (χ1n) is 6.84. The average molecular weight is 310 g/mol. The number of anilines is 1. The molecule has 7 heteroatoms. The summed E-state index contributed by atoms with van der Waals surface area (Å²) in [7, 11) is 0. The van der Waals surface area contributed by atoms with E-state index < -0.39 is 12.0 Å². The number of fused-ring (bicyclic) bond motifs is 1. The molecule has 0 fully saturated rings. The van der Waals surface area contributed by atoms with Crippen LogP contribution in [0.4, 0.5) is 10.5 Å². The summed E-state index contributed by atoms with van der Waals surface area (Å²) in [5, 5.41) is 11.9. The van der Waals surface area contributed by atoms with Crippen molar-refractivity contribution < 1.29 is 14.7 Å². The number of carboxylic acids is 1. The second-order valence-electron chi connectivity index (χ2n) is 5.09. The average Bonchev–Trinajstić information content (AvgIpc) is 2.95. The lowest BCUT2D eigenvalue weighted by atomic mass is 9.97. The van der Waals surface area contributed by atoms with Crippen LogP contribution in [0.3, 0.4) is 0 Å². The van der Waals surface area contributed by atoms with Crippen LogP contribution >= 0.6 is 0 Å². The Kier molecular flexibility index (Phi) is 3.46. The maximum Gasteiger partial charge on any atom is 0.336 e. The van der Waals surface area contributed by atoms with E-state index >= 15 is 0 Å². The number of nitrogens with zero attached hydrogens (tertiary/aromatic N) is 2. The molecule has 116 valence electrons. The van der Waals surface area contributed by atoms with E-state index in [9.17, 15) is 14.7 Å². The number of aromatic carboxylic acids is 1. The van der Waals surface area contributed by atoms with Crippen LogP contribution in [0.1, 0.15) is 15.9 Å². The van der Waals surface area contributed by atoms with E-state index in [-0.39, 0.29) is 5.56 Å². The lowest BCUT2D eigenvalue weighted by molar-refractivity contribution is 0.0697. The minimum absolute atomic E-state index is 0.0788. The van der Waals surface area contributed by atoms with Gasteiger partial charge in [-0.15, -0.1) is 0 Å². The number of carbonyl (C=O) groups is 2. The van der Waals surface area contributed by atoms with Gasteiger partial charge >= 0.3 is 12.0 Å². The normalized spacial score (nSPS) is 10.7. The third-order valence-corrected chi connectivity index (χ3v) is 3.51. The van der Waals surface area contributed by atoms with E-state index in [1.165, 1.54) is 6.07 Å². The van der Waals surface area contributed by atoms with E-state index in [1.54, 1.807) is 35.1 Å². The molecule has 0 saturated carbocycles. The van der Waals surface area contributed by atoms with Crippen LogP contribution in [-0.2, 0) is 0 Å². The van der Waals surface area contributed by atoms with Gasteiger partial charge in [0.15, 0.2) is 0 Å². The molecular weight excluding hydrogens is 296 g/mol. The fraction of sp³-hybridized carbons (Fsp3) is 0.0625. The molecule has 2 heterocycles. The van der Waals surface area contributed by atoms with E-state index in [1.807, 2.05) is 13.0 Å². The van der Waals surface area contributed by atoms with Crippen LogP contribution in [0.5, 0.6) is 0 Å². The lowest BCUT2D eigenvalue weighted by Crippen LogP contribution is -2.20. The number of primary amides is 1. The monoisotopic (exact) mass is 310 g/mol. The first kappa shape index (κ1) is 14.6. The topological polar surface area (TPSA) is 110 Å². The van der Waals surface area contributed by atoms with Crippen molar-refractivity contribution in [3.05, 3.63) is 54.0 Å². The fourth-order valence-corrected chi connectivity index (χ4v) is 2.62. The molecule has 2 aromatic heterocycles. The predicted octanol–water partition coefficient (Wildman–Crippen LogP) is 2.50. The summed E-state index contributed by atoms with van der Waals surface area (Å²) in [6.07, 6.45) is 5.21. The standard InChI is InChI=1S/C16H14N4O3/c1-9-7-10(8-20-6-5-18-14(9)20)13-11(15(21)22)3-2-4-12(13)19-16(17)23/h2-8H,1H3,(H,21,22)(H3,17,19,23). The molecule has 0 atom stereocenters. The van der Waals surface area contributed by atoms with Crippen molar-refractivity contribution >= 4 is 23.3 Å². The molecule has 1 aromatic carbocycles. The van der Waals surface area contributed by atoms with Crippen LogP contribution in [-0.4, -0.2) is 26.5 Å². The molecule has 3 rings (SSSR count). The predicted molar refractivity (Wildman–Crippen MR) is 85.5 cm³/mol. The molecule has 0 saturated heterocycles. The number of carbonyl (C=O) groups excluding carboxylic acids is 1. The number of hydrogen-bond donors (Lipinski definition) is 3. The zero-order valence-electron chi connectivity index (χ0n) is 12.3. The Bertz CT molecular complexity index is 930. The van der Waals surface area contributed by atoms with Gasteiger partial charge in [-0.2, -0.15) is 0 Å². The van der Waals surface area contributed by atoms with Gasteiger partial charge in [-0.3, -0.25) is 0 Å². The Labute approximate surface area is 131 Å². The number of amides is 2. The smallest absolute Gasteiger partial charge is 0.336 e. The number of nitrogens with one attached hydrogen (secondary N) is 1. The molecular formula is C16H14N4O3. The first-order valence-corrected chi connectivity index (χ1v) is 6.84. The first-order chi connectivity index (χ1) is 11.0. The molecule has 0 aliphatic rings. The number of aromatic nitrogens is 2. The molecule has 0 aliphatic heterocycles. The van der Waals surface area contributed by atoms with Crippen molar-refractivity contribution in [2.24, 2.45) is 5.73 Å². The Morgan fingerprint density at radius 1 is 1.35 bits per heavy atom. The largest absolute Gasteiger partial charge is 0.478 e. The minimum atomic E-state index is -1.09. The SMILES string of the molecule is Cc1cc(-c2c(NC(N)=O)cccc2C(=O)O)cn2ccnc12. The number of hydrogen-bond acceptors (Lipinski definition) is 3. The summed E-state index contributed by atoms with van der Waals surface area (Å²) in [4.78, 5) is 27.0. The quantitative estimate of drug-likeness (QED) is 0.690. The third-order valence-electron chi connectivity index (χ3n) is 3.51. The molecule has 2 amide bonds. The maximum atomic E-state index is 11.6. The van der Waals surface area contributed by atoms with Gasteiger partial charge in [-0.1, -0.05) is 6.07 Å².